The Hall–Kier alpha value is -2.14. The molecule has 0 atom stereocenters. The van der Waals surface area contributed by atoms with Crippen LogP contribution in [0.5, 0.6) is 0 Å². The summed E-state index contributed by atoms with van der Waals surface area (Å²) < 4.78 is 1.67. The number of aromatic nitrogens is 2. The zero-order valence-electron chi connectivity index (χ0n) is 12.8. The maximum atomic E-state index is 12.3. The third-order valence-electron chi connectivity index (χ3n) is 3.28. The molecule has 0 radical (unpaired) electrons. The number of hydrogen-bond acceptors (Lipinski definition) is 3. The number of hydrogen-bond donors (Lipinski definition) is 2. The number of carbonyl (C=O) groups excluding carboxylic acids is 1. The molecular weight excluding hydrogens is 264 g/mol. The molecule has 0 spiro atoms. The first-order valence-corrected chi connectivity index (χ1v) is 7.27. The first kappa shape index (κ1) is 15.3. The molecule has 0 aliphatic carbocycles. The summed E-state index contributed by atoms with van der Waals surface area (Å²) in [7, 11) is 1.82. The molecule has 1 aromatic carbocycles. The molecule has 0 aliphatic rings. The lowest BCUT2D eigenvalue weighted by Crippen LogP contribution is -2.14. The molecule has 5 heteroatoms. The van der Waals surface area contributed by atoms with Gasteiger partial charge in [-0.3, -0.25) is 9.48 Å². The Balaban J connectivity index is 2.05. The summed E-state index contributed by atoms with van der Waals surface area (Å²) >= 11 is 0. The number of nitrogens with one attached hydrogen (secondary N) is 2. The standard InChI is InChI=1S/C16H22N4O/c1-4-15-14(11-20(3)19-15)16(21)18-13-8-6-12(7-9-13)10-17-5-2/h6-9,11,17H,4-5,10H2,1-3H3,(H,18,21). The number of nitrogens with zero attached hydrogens (tertiary/aromatic N) is 2. The fourth-order valence-electron chi connectivity index (χ4n) is 2.16. The number of benzene rings is 1. The minimum absolute atomic E-state index is 0.112. The third kappa shape index (κ3) is 3.92. The number of aryl methyl sites for hydroxylation is 2. The van der Waals surface area contributed by atoms with Crippen molar-refractivity contribution in [2.75, 3.05) is 11.9 Å². The molecule has 2 aromatic rings. The van der Waals surface area contributed by atoms with Crippen LogP contribution in [-0.4, -0.2) is 22.2 Å². The van der Waals surface area contributed by atoms with Crippen molar-refractivity contribution in [1.29, 1.82) is 0 Å². The van der Waals surface area contributed by atoms with Crippen molar-refractivity contribution in [2.24, 2.45) is 7.05 Å². The largest absolute Gasteiger partial charge is 0.322 e. The zero-order valence-corrected chi connectivity index (χ0v) is 12.8. The maximum absolute atomic E-state index is 12.3. The van der Waals surface area contributed by atoms with Gasteiger partial charge in [0.15, 0.2) is 0 Å². The number of anilines is 1. The van der Waals surface area contributed by atoms with Gasteiger partial charge in [-0.15, -0.1) is 0 Å². The molecule has 112 valence electrons. The highest BCUT2D eigenvalue weighted by molar-refractivity contribution is 6.04. The van der Waals surface area contributed by atoms with Crippen LogP contribution in [0.2, 0.25) is 0 Å². The van der Waals surface area contributed by atoms with Crippen molar-refractivity contribution < 1.29 is 4.79 Å². The molecule has 1 heterocycles. The summed E-state index contributed by atoms with van der Waals surface area (Å²) in [6.45, 7) is 5.86. The van der Waals surface area contributed by atoms with Crippen LogP contribution in [0.1, 0.15) is 35.5 Å². The van der Waals surface area contributed by atoms with Gasteiger partial charge in [0, 0.05) is 25.5 Å². The lowest BCUT2D eigenvalue weighted by Gasteiger charge is -2.07. The molecule has 1 amide bonds. The molecule has 0 bridgehead atoms. The predicted octanol–water partition coefficient (Wildman–Crippen LogP) is 2.34. The monoisotopic (exact) mass is 286 g/mol. The minimum Gasteiger partial charge on any atom is -0.322 e. The van der Waals surface area contributed by atoms with Crippen LogP contribution in [0.15, 0.2) is 30.5 Å². The molecule has 21 heavy (non-hydrogen) atoms. The zero-order chi connectivity index (χ0) is 15.2. The van der Waals surface area contributed by atoms with Crippen molar-refractivity contribution in [1.82, 2.24) is 15.1 Å². The number of carbonyl (C=O) groups is 1. The second-order valence-corrected chi connectivity index (χ2v) is 4.95. The van der Waals surface area contributed by atoms with Crippen LogP contribution in [0, 0.1) is 0 Å². The van der Waals surface area contributed by atoms with Gasteiger partial charge in [0.2, 0.25) is 0 Å². The van der Waals surface area contributed by atoms with E-state index in [2.05, 4.69) is 22.7 Å². The number of rotatable bonds is 6. The van der Waals surface area contributed by atoms with E-state index in [0.29, 0.717) is 5.56 Å². The van der Waals surface area contributed by atoms with E-state index in [1.165, 1.54) is 5.56 Å². The van der Waals surface area contributed by atoms with Crippen molar-refractivity contribution in [2.45, 2.75) is 26.8 Å². The van der Waals surface area contributed by atoms with E-state index in [9.17, 15) is 4.79 Å². The van der Waals surface area contributed by atoms with Crippen LogP contribution in [0.3, 0.4) is 0 Å². The van der Waals surface area contributed by atoms with Crippen LogP contribution in [-0.2, 0) is 20.0 Å². The molecule has 5 nitrogen and oxygen atoms in total. The number of amides is 1. The quantitative estimate of drug-likeness (QED) is 0.857. The van der Waals surface area contributed by atoms with E-state index in [4.69, 9.17) is 0 Å². The summed E-state index contributed by atoms with van der Waals surface area (Å²) in [5, 5.41) is 10.5. The fraction of sp³-hybridized carbons (Fsp3) is 0.375. The Morgan fingerprint density at radius 2 is 1.95 bits per heavy atom. The molecule has 0 aliphatic heterocycles. The molecule has 0 saturated carbocycles. The van der Waals surface area contributed by atoms with Gasteiger partial charge in [0.25, 0.3) is 5.91 Å². The Morgan fingerprint density at radius 3 is 2.57 bits per heavy atom. The molecule has 0 saturated heterocycles. The van der Waals surface area contributed by atoms with E-state index in [1.807, 2.05) is 38.2 Å². The third-order valence-corrected chi connectivity index (χ3v) is 3.28. The maximum Gasteiger partial charge on any atom is 0.259 e. The van der Waals surface area contributed by atoms with Gasteiger partial charge in [-0.2, -0.15) is 5.10 Å². The fourth-order valence-corrected chi connectivity index (χ4v) is 2.16. The molecule has 1 aromatic heterocycles. The van der Waals surface area contributed by atoms with Crippen molar-refractivity contribution in [3.05, 3.63) is 47.3 Å². The van der Waals surface area contributed by atoms with Gasteiger partial charge in [-0.1, -0.05) is 26.0 Å². The highest BCUT2D eigenvalue weighted by Crippen LogP contribution is 2.13. The normalized spacial score (nSPS) is 10.6. The topological polar surface area (TPSA) is 58.9 Å². The van der Waals surface area contributed by atoms with Crippen LogP contribution >= 0.6 is 0 Å². The lowest BCUT2D eigenvalue weighted by molar-refractivity contribution is 0.102. The average molecular weight is 286 g/mol. The van der Waals surface area contributed by atoms with Crippen LogP contribution in [0.4, 0.5) is 5.69 Å². The van der Waals surface area contributed by atoms with Gasteiger partial charge >= 0.3 is 0 Å². The lowest BCUT2D eigenvalue weighted by atomic mass is 10.1. The molecular formula is C16H22N4O. The smallest absolute Gasteiger partial charge is 0.259 e. The van der Waals surface area contributed by atoms with Gasteiger partial charge in [0.1, 0.15) is 0 Å². The Labute approximate surface area is 125 Å². The SMILES string of the molecule is CCNCc1ccc(NC(=O)c2cn(C)nc2CC)cc1. The molecule has 0 unspecified atom stereocenters. The summed E-state index contributed by atoms with van der Waals surface area (Å²) in [5.41, 5.74) is 3.45. The first-order chi connectivity index (χ1) is 10.1. The van der Waals surface area contributed by atoms with Crippen molar-refractivity contribution in [3.63, 3.8) is 0 Å². The van der Waals surface area contributed by atoms with Gasteiger partial charge < -0.3 is 10.6 Å². The van der Waals surface area contributed by atoms with Gasteiger partial charge in [0.05, 0.1) is 11.3 Å². The minimum atomic E-state index is -0.112. The van der Waals surface area contributed by atoms with E-state index >= 15 is 0 Å². The van der Waals surface area contributed by atoms with E-state index in [-0.39, 0.29) is 5.91 Å². The summed E-state index contributed by atoms with van der Waals surface area (Å²) in [5.74, 6) is -0.112. The summed E-state index contributed by atoms with van der Waals surface area (Å²) in [6, 6.07) is 7.88. The van der Waals surface area contributed by atoms with E-state index in [0.717, 1.165) is 30.9 Å². The molecule has 2 rings (SSSR count). The highest BCUT2D eigenvalue weighted by Gasteiger charge is 2.14. The Kier molecular flexibility index (Phi) is 5.11. The predicted molar refractivity (Wildman–Crippen MR) is 84.4 cm³/mol. The second kappa shape index (κ2) is 7.04. The molecule has 0 fully saturated rings. The molecule has 2 N–H and O–H groups in total. The average Bonchev–Trinajstić information content (AvgIpc) is 2.88. The van der Waals surface area contributed by atoms with Crippen LogP contribution in [0.25, 0.3) is 0 Å². The van der Waals surface area contributed by atoms with Crippen molar-refractivity contribution >= 4 is 11.6 Å². The first-order valence-electron chi connectivity index (χ1n) is 7.27. The van der Waals surface area contributed by atoms with Crippen molar-refractivity contribution in [3.8, 4) is 0 Å². The van der Waals surface area contributed by atoms with E-state index < -0.39 is 0 Å². The van der Waals surface area contributed by atoms with E-state index in [1.54, 1.807) is 10.9 Å². The van der Waals surface area contributed by atoms with Crippen LogP contribution < -0.4 is 10.6 Å². The Morgan fingerprint density at radius 1 is 1.24 bits per heavy atom. The summed E-state index contributed by atoms with van der Waals surface area (Å²) in [6.07, 6.45) is 2.50. The summed E-state index contributed by atoms with van der Waals surface area (Å²) in [4.78, 5) is 12.3. The highest BCUT2D eigenvalue weighted by atomic mass is 16.1. The Bertz CT molecular complexity index is 601. The second-order valence-electron chi connectivity index (χ2n) is 4.95. The van der Waals surface area contributed by atoms with Gasteiger partial charge in [-0.25, -0.2) is 0 Å². The van der Waals surface area contributed by atoms with Gasteiger partial charge in [-0.05, 0) is 30.7 Å².